The first-order valence-corrected chi connectivity index (χ1v) is 9.75. The van der Waals surface area contributed by atoms with Crippen LogP contribution in [0.5, 0.6) is 0 Å². The fourth-order valence-electron chi connectivity index (χ4n) is 3.96. The first-order chi connectivity index (χ1) is 14.1. The van der Waals surface area contributed by atoms with E-state index in [4.69, 9.17) is 16.0 Å². The van der Waals surface area contributed by atoms with E-state index in [-0.39, 0.29) is 18.4 Å². The van der Waals surface area contributed by atoms with Gasteiger partial charge >= 0.3 is 0 Å². The minimum atomic E-state index is -0.326. The van der Waals surface area contributed by atoms with Crippen LogP contribution in [0, 0.1) is 0 Å². The average molecular weight is 405 g/mol. The molecule has 2 aliphatic heterocycles. The first-order valence-electron chi connectivity index (χ1n) is 9.38. The summed E-state index contributed by atoms with van der Waals surface area (Å²) >= 11 is 6.04. The van der Waals surface area contributed by atoms with Crippen LogP contribution in [0.1, 0.15) is 16.9 Å². The van der Waals surface area contributed by atoms with Crippen molar-refractivity contribution >= 4 is 34.7 Å². The van der Waals surface area contributed by atoms with Crippen molar-refractivity contribution in [3.8, 4) is 0 Å². The molecule has 29 heavy (non-hydrogen) atoms. The van der Waals surface area contributed by atoms with E-state index in [1.54, 1.807) is 36.4 Å². The topological polar surface area (TPSA) is 53.8 Å². The van der Waals surface area contributed by atoms with Crippen molar-refractivity contribution in [3.05, 3.63) is 94.5 Å². The summed E-state index contributed by atoms with van der Waals surface area (Å²) in [5.74, 6) is -0.0774. The second kappa shape index (κ2) is 6.94. The molecule has 6 heteroatoms. The molecule has 0 bridgehead atoms. The number of para-hydroxylation sites is 1. The number of carbonyl (C=O) groups excluding carboxylic acids is 2. The van der Waals surface area contributed by atoms with Crippen molar-refractivity contribution in [2.24, 2.45) is 0 Å². The number of halogens is 1. The van der Waals surface area contributed by atoms with Crippen LogP contribution in [0.25, 0.3) is 5.57 Å². The molecule has 0 aliphatic carbocycles. The van der Waals surface area contributed by atoms with E-state index in [2.05, 4.69) is 6.07 Å². The summed E-state index contributed by atoms with van der Waals surface area (Å²) in [6.45, 7) is 0.750. The number of hydrogen-bond donors (Lipinski definition) is 0. The van der Waals surface area contributed by atoms with Gasteiger partial charge in [0.2, 0.25) is 0 Å². The third-order valence-corrected chi connectivity index (χ3v) is 5.58. The van der Waals surface area contributed by atoms with Crippen molar-refractivity contribution in [1.82, 2.24) is 4.90 Å². The smallest absolute Gasteiger partial charge is 0.278 e. The third kappa shape index (κ3) is 2.95. The third-order valence-electron chi connectivity index (χ3n) is 5.33. The summed E-state index contributed by atoms with van der Waals surface area (Å²) in [5, 5.41) is 0.576. The fourth-order valence-corrected chi connectivity index (χ4v) is 4.09. The van der Waals surface area contributed by atoms with E-state index in [9.17, 15) is 9.59 Å². The molecule has 0 fully saturated rings. The maximum atomic E-state index is 13.4. The van der Waals surface area contributed by atoms with Gasteiger partial charge in [-0.2, -0.15) is 0 Å². The van der Waals surface area contributed by atoms with Crippen LogP contribution in [0.3, 0.4) is 0 Å². The Bertz CT molecular complexity index is 1130. The quantitative estimate of drug-likeness (QED) is 0.609. The number of imide groups is 1. The zero-order valence-electron chi connectivity index (χ0n) is 15.5. The highest BCUT2D eigenvalue weighted by Gasteiger charge is 2.43. The maximum absolute atomic E-state index is 13.4. The van der Waals surface area contributed by atoms with E-state index in [0.717, 1.165) is 12.1 Å². The van der Waals surface area contributed by atoms with Gasteiger partial charge in [-0.3, -0.25) is 14.5 Å². The SMILES string of the molecule is O=C1C(c2ccc(Cl)cc2)=C(N2CCc3ccccc32)C(=O)N1Cc1ccco1. The Hall–Kier alpha value is -3.31. The number of benzene rings is 2. The van der Waals surface area contributed by atoms with Crippen LogP contribution in [0.2, 0.25) is 5.02 Å². The Morgan fingerprint density at radius 2 is 1.72 bits per heavy atom. The molecule has 1 aromatic heterocycles. The number of fused-ring (bicyclic) bond motifs is 1. The van der Waals surface area contributed by atoms with Gasteiger partial charge in [0, 0.05) is 17.3 Å². The van der Waals surface area contributed by atoms with Crippen LogP contribution in [0.15, 0.2) is 77.0 Å². The molecule has 144 valence electrons. The zero-order chi connectivity index (χ0) is 20.0. The largest absolute Gasteiger partial charge is 0.467 e. The van der Waals surface area contributed by atoms with Crippen molar-refractivity contribution in [1.29, 1.82) is 0 Å². The monoisotopic (exact) mass is 404 g/mol. The number of amides is 2. The molecule has 2 amide bonds. The van der Waals surface area contributed by atoms with Gasteiger partial charge in [-0.15, -0.1) is 0 Å². The predicted molar refractivity (Wildman–Crippen MR) is 110 cm³/mol. The van der Waals surface area contributed by atoms with Crippen molar-refractivity contribution in [3.63, 3.8) is 0 Å². The van der Waals surface area contributed by atoms with Crippen LogP contribution in [0.4, 0.5) is 5.69 Å². The fraction of sp³-hybridized carbons (Fsp3) is 0.130. The van der Waals surface area contributed by atoms with Crippen LogP contribution >= 0.6 is 11.6 Å². The van der Waals surface area contributed by atoms with Gasteiger partial charge in [0.1, 0.15) is 11.5 Å². The summed E-state index contributed by atoms with van der Waals surface area (Å²) in [5.41, 5.74) is 3.62. The van der Waals surface area contributed by atoms with Crippen LogP contribution in [-0.4, -0.2) is 23.3 Å². The molecular weight excluding hydrogens is 388 g/mol. The van der Waals surface area contributed by atoms with Gasteiger partial charge in [0.05, 0.1) is 18.4 Å². The zero-order valence-corrected chi connectivity index (χ0v) is 16.2. The van der Waals surface area contributed by atoms with Gasteiger partial charge in [-0.05, 0) is 47.9 Å². The number of anilines is 1. The summed E-state index contributed by atoms with van der Waals surface area (Å²) in [6, 6.07) is 18.5. The molecule has 0 saturated carbocycles. The molecule has 0 saturated heterocycles. The molecule has 3 heterocycles. The summed E-state index contributed by atoms with van der Waals surface area (Å²) in [4.78, 5) is 30.0. The number of furan rings is 1. The van der Waals surface area contributed by atoms with E-state index in [1.165, 1.54) is 16.7 Å². The molecule has 0 atom stereocenters. The highest BCUT2D eigenvalue weighted by molar-refractivity contribution is 6.37. The highest BCUT2D eigenvalue weighted by atomic mass is 35.5. The molecule has 3 aromatic rings. The number of rotatable bonds is 4. The normalized spacial score (nSPS) is 16.2. The van der Waals surface area contributed by atoms with Crippen molar-refractivity contribution < 1.29 is 14.0 Å². The first kappa shape index (κ1) is 17.8. The second-order valence-electron chi connectivity index (χ2n) is 7.04. The van der Waals surface area contributed by atoms with Gasteiger partial charge in [0.15, 0.2) is 0 Å². The van der Waals surface area contributed by atoms with Gasteiger partial charge in [-0.1, -0.05) is 41.9 Å². The van der Waals surface area contributed by atoms with E-state index >= 15 is 0 Å². The lowest BCUT2D eigenvalue weighted by Crippen LogP contribution is -2.34. The molecule has 2 aromatic carbocycles. The van der Waals surface area contributed by atoms with E-state index < -0.39 is 0 Å². The lowest BCUT2D eigenvalue weighted by Gasteiger charge is -2.21. The van der Waals surface area contributed by atoms with Gasteiger partial charge in [-0.25, -0.2) is 0 Å². The second-order valence-corrected chi connectivity index (χ2v) is 7.47. The Labute approximate surface area is 172 Å². The molecule has 5 rings (SSSR count). The molecular formula is C23H17ClN2O3. The van der Waals surface area contributed by atoms with E-state index in [0.29, 0.717) is 34.2 Å². The number of nitrogens with zero attached hydrogens (tertiary/aromatic N) is 2. The molecule has 0 radical (unpaired) electrons. The minimum absolute atomic E-state index is 0.0980. The summed E-state index contributed by atoms with van der Waals surface area (Å²) < 4.78 is 5.37. The minimum Gasteiger partial charge on any atom is -0.467 e. The van der Waals surface area contributed by atoms with Crippen LogP contribution < -0.4 is 4.90 Å². The maximum Gasteiger partial charge on any atom is 0.278 e. The lowest BCUT2D eigenvalue weighted by atomic mass is 10.0. The molecule has 0 unspecified atom stereocenters. The number of hydrogen-bond acceptors (Lipinski definition) is 4. The molecule has 5 nitrogen and oxygen atoms in total. The summed E-state index contributed by atoms with van der Waals surface area (Å²) in [7, 11) is 0. The molecule has 0 spiro atoms. The molecule has 2 aliphatic rings. The Balaban J connectivity index is 1.63. The lowest BCUT2D eigenvalue weighted by molar-refractivity contribution is -0.137. The van der Waals surface area contributed by atoms with Crippen LogP contribution in [-0.2, 0) is 22.6 Å². The standard InChI is InChI=1S/C23H17ClN2O3/c24-17-9-7-16(8-10-17)20-21(25-12-11-15-4-1-2-6-19(15)25)23(28)26(22(20)27)14-18-5-3-13-29-18/h1-10,13H,11-12,14H2. The van der Waals surface area contributed by atoms with Crippen molar-refractivity contribution in [2.45, 2.75) is 13.0 Å². The van der Waals surface area contributed by atoms with Gasteiger partial charge < -0.3 is 9.32 Å². The van der Waals surface area contributed by atoms with Crippen molar-refractivity contribution in [2.75, 3.05) is 11.4 Å². The van der Waals surface area contributed by atoms with E-state index in [1.807, 2.05) is 23.1 Å². The molecule has 0 N–H and O–H groups in total. The highest BCUT2D eigenvalue weighted by Crippen LogP contribution is 2.39. The Kier molecular flexibility index (Phi) is 4.25. The average Bonchev–Trinajstić information content (AvgIpc) is 3.44. The predicted octanol–water partition coefficient (Wildman–Crippen LogP) is 4.28. The number of carbonyl (C=O) groups is 2. The van der Waals surface area contributed by atoms with Gasteiger partial charge in [0.25, 0.3) is 11.8 Å². The Morgan fingerprint density at radius 1 is 0.931 bits per heavy atom. The summed E-state index contributed by atoms with van der Waals surface area (Å²) in [6.07, 6.45) is 2.36. The Morgan fingerprint density at radius 3 is 2.48 bits per heavy atom.